The molecule has 0 fully saturated rings. The molecule has 3 heterocycles. The Balaban J connectivity index is 1.35. The highest BCUT2D eigenvalue weighted by Gasteiger charge is 2.21. The van der Waals surface area contributed by atoms with Crippen LogP contribution in [0.5, 0.6) is 5.75 Å². The van der Waals surface area contributed by atoms with Crippen LogP contribution in [0.3, 0.4) is 0 Å². The second-order valence-corrected chi connectivity index (χ2v) is 8.58. The number of amides is 2. The quantitative estimate of drug-likeness (QED) is 0.397. The Morgan fingerprint density at radius 3 is 2.94 bits per heavy atom. The van der Waals surface area contributed by atoms with Crippen molar-refractivity contribution in [1.29, 1.82) is 0 Å². The van der Waals surface area contributed by atoms with E-state index in [1.165, 1.54) is 12.7 Å². The number of hydrogen-bond donors (Lipinski definition) is 2. The summed E-state index contributed by atoms with van der Waals surface area (Å²) in [5.74, 6) is 0.676. The van der Waals surface area contributed by atoms with Crippen molar-refractivity contribution in [3.05, 3.63) is 60.1 Å². The molecule has 0 saturated carbocycles. The maximum atomic E-state index is 13.1. The first-order chi connectivity index (χ1) is 17.1. The smallest absolute Gasteiger partial charge is 0.260 e. The molecule has 5 rings (SSSR count). The minimum absolute atomic E-state index is 0.0674. The molecule has 0 spiro atoms. The summed E-state index contributed by atoms with van der Waals surface area (Å²) in [4.78, 5) is 28.9. The van der Waals surface area contributed by atoms with Crippen LogP contribution in [0, 0.1) is 0 Å². The van der Waals surface area contributed by atoms with Gasteiger partial charge in [0.1, 0.15) is 5.75 Å². The number of carbonyl (C=O) groups excluding carboxylic acids is 2. The molecule has 0 bridgehead atoms. The van der Waals surface area contributed by atoms with Crippen molar-refractivity contribution in [2.24, 2.45) is 0 Å². The normalized spacial score (nSPS) is 15.7. The Hall–Kier alpha value is -4.21. The van der Waals surface area contributed by atoms with Crippen LogP contribution in [-0.2, 0) is 4.79 Å². The highest BCUT2D eigenvalue weighted by molar-refractivity contribution is 6.08. The Morgan fingerprint density at radius 1 is 1.29 bits per heavy atom. The maximum Gasteiger partial charge on any atom is 0.260 e. The standard InChI is InChI=1S/C25H27N7O3/c1-26-24(33)10-7-16-5-8-18(9-6-16)31-15-17-12-19(21(35-2)13-20(17)30-31)25(34)29-23-14-27-22-4-3-11-28-32(22)23/h3-5,11-15,18H,6-10H2,1-2H3,(H,26,33)(H,29,34)/t18-/m1/s1. The summed E-state index contributed by atoms with van der Waals surface area (Å²) in [6, 6.07) is 7.43. The van der Waals surface area contributed by atoms with Gasteiger partial charge in [0.25, 0.3) is 5.91 Å². The van der Waals surface area contributed by atoms with E-state index in [1.54, 1.807) is 42.2 Å². The van der Waals surface area contributed by atoms with Crippen LogP contribution in [0.2, 0.25) is 0 Å². The number of nitrogens with one attached hydrogen (secondary N) is 2. The van der Waals surface area contributed by atoms with Crippen molar-refractivity contribution in [3.8, 4) is 5.75 Å². The van der Waals surface area contributed by atoms with Gasteiger partial charge in [-0.05, 0) is 43.9 Å². The summed E-state index contributed by atoms with van der Waals surface area (Å²) >= 11 is 0. The number of hydrogen-bond acceptors (Lipinski definition) is 6. The fourth-order valence-electron chi connectivity index (χ4n) is 4.44. The fourth-order valence-corrected chi connectivity index (χ4v) is 4.44. The number of allylic oxidation sites excluding steroid dienone is 2. The molecule has 10 nitrogen and oxygen atoms in total. The van der Waals surface area contributed by atoms with Crippen LogP contribution >= 0.6 is 0 Å². The molecule has 180 valence electrons. The molecule has 1 aliphatic carbocycles. The first-order valence-corrected chi connectivity index (χ1v) is 11.6. The molecule has 2 N–H and O–H groups in total. The predicted molar refractivity (Wildman–Crippen MR) is 131 cm³/mol. The largest absolute Gasteiger partial charge is 0.496 e. The van der Waals surface area contributed by atoms with Crippen LogP contribution in [0.25, 0.3) is 16.6 Å². The van der Waals surface area contributed by atoms with E-state index in [4.69, 9.17) is 9.84 Å². The average Bonchev–Trinajstić information content (AvgIpc) is 3.50. The lowest BCUT2D eigenvalue weighted by molar-refractivity contribution is -0.120. The lowest BCUT2D eigenvalue weighted by Gasteiger charge is -2.22. The van der Waals surface area contributed by atoms with Gasteiger partial charge in [0.2, 0.25) is 5.91 Å². The average molecular weight is 474 g/mol. The monoisotopic (exact) mass is 473 g/mol. The van der Waals surface area contributed by atoms with Crippen molar-refractivity contribution in [3.63, 3.8) is 0 Å². The first kappa shape index (κ1) is 22.6. The molecular formula is C25H27N7O3. The van der Waals surface area contributed by atoms with E-state index in [1.807, 2.05) is 16.9 Å². The van der Waals surface area contributed by atoms with Gasteiger partial charge < -0.3 is 15.4 Å². The van der Waals surface area contributed by atoms with Crippen molar-refractivity contribution in [2.45, 2.75) is 38.1 Å². The Labute approximate surface area is 202 Å². The summed E-state index contributed by atoms with van der Waals surface area (Å²) in [6.45, 7) is 0. The number of anilines is 1. The van der Waals surface area contributed by atoms with E-state index in [-0.39, 0.29) is 17.9 Å². The van der Waals surface area contributed by atoms with Gasteiger partial charge in [0.05, 0.1) is 30.4 Å². The van der Waals surface area contributed by atoms with Gasteiger partial charge in [-0.3, -0.25) is 14.3 Å². The van der Waals surface area contributed by atoms with Crippen molar-refractivity contribution in [2.75, 3.05) is 19.5 Å². The number of carbonyl (C=O) groups is 2. The predicted octanol–water partition coefficient (Wildman–Crippen LogP) is 3.52. The first-order valence-electron chi connectivity index (χ1n) is 11.6. The van der Waals surface area contributed by atoms with E-state index >= 15 is 0 Å². The summed E-state index contributed by atoms with van der Waals surface area (Å²) in [5, 5.41) is 15.4. The van der Waals surface area contributed by atoms with Gasteiger partial charge in [0, 0.05) is 37.3 Å². The minimum Gasteiger partial charge on any atom is -0.496 e. The number of aromatic nitrogens is 5. The second kappa shape index (κ2) is 9.57. The van der Waals surface area contributed by atoms with E-state index < -0.39 is 0 Å². The van der Waals surface area contributed by atoms with Gasteiger partial charge in [-0.1, -0.05) is 11.6 Å². The highest BCUT2D eigenvalue weighted by atomic mass is 16.5. The van der Waals surface area contributed by atoms with E-state index in [9.17, 15) is 9.59 Å². The molecule has 10 heteroatoms. The lowest BCUT2D eigenvalue weighted by atomic mass is 9.92. The number of nitrogens with zero attached hydrogens (tertiary/aromatic N) is 5. The molecule has 0 unspecified atom stereocenters. The van der Waals surface area contributed by atoms with Gasteiger partial charge in [0.15, 0.2) is 11.5 Å². The van der Waals surface area contributed by atoms with Crippen molar-refractivity contribution < 1.29 is 14.3 Å². The minimum atomic E-state index is -0.315. The topological polar surface area (TPSA) is 115 Å². The van der Waals surface area contributed by atoms with E-state index in [2.05, 4.69) is 26.8 Å². The summed E-state index contributed by atoms with van der Waals surface area (Å²) in [5.41, 5.74) is 3.14. The van der Waals surface area contributed by atoms with Crippen LogP contribution in [-0.4, -0.2) is 50.4 Å². The number of methoxy groups -OCH3 is 1. The zero-order valence-corrected chi connectivity index (χ0v) is 19.7. The zero-order valence-electron chi connectivity index (χ0n) is 19.7. The van der Waals surface area contributed by atoms with Crippen LogP contribution in [0.1, 0.15) is 48.5 Å². The summed E-state index contributed by atoms with van der Waals surface area (Å²) in [7, 11) is 3.20. The lowest BCUT2D eigenvalue weighted by Crippen LogP contribution is -2.18. The number of rotatable bonds is 7. The summed E-state index contributed by atoms with van der Waals surface area (Å²) < 4.78 is 9.06. The second-order valence-electron chi connectivity index (χ2n) is 8.58. The molecule has 0 aliphatic heterocycles. The molecule has 2 amide bonds. The molecule has 3 aromatic heterocycles. The number of ether oxygens (including phenoxy) is 1. The molecular weight excluding hydrogens is 446 g/mol. The van der Waals surface area contributed by atoms with Gasteiger partial charge >= 0.3 is 0 Å². The van der Waals surface area contributed by atoms with Gasteiger partial charge in [-0.15, -0.1) is 0 Å². The molecule has 0 radical (unpaired) electrons. The SMILES string of the molecule is CNC(=O)CCC1=CC[C@@H](n2cc3cc(C(=O)Nc4cnc5cccnn45)c(OC)cc3n2)CC1. The zero-order chi connectivity index (χ0) is 24.4. The molecule has 1 atom stereocenters. The Bertz CT molecular complexity index is 1440. The molecule has 0 saturated heterocycles. The summed E-state index contributed by atoms with van der Waals surface area (Å²) in [6.07, 6.45) is 11.5. The Morgan fingerprint density at radius 2 is 2.17 bits per heavy atom. The van der Waals surface area contributed by atoms with Crippen LogP contribution < -0.4 is 15.4 Å². The maximum absolute atomic E-state index is 13.1. The van der Waals surface area contributed by atoms with Gasteiger partial charge in [-0.2, -0.15) is 14.7 Å². The number of imidazole rings is 1. The number of benzene rings is 1. The molecule has 1 aliphatic rings. The number of fused-ring (bicyclic) bond motifs is 2. The van der Waals surface area contributed by atoms with E-state index in [0.717, 1.165) is 36.6 Å². The van der Waals surface area contributed by atoms with E-state index in [0.29, 0.717) is 29.2 Å². The van der Waals surface area contributed by atoms with Crippen molar-refractivity contribution in [1.82, 2.24) is 29.7 Å². The highest BCUT2D eigenvalue weighted by Crippen LogP contribution is 2.32. The third-order valence-corrected chi connectivity index (χ3v) is 6.41. The third-order valence-electron chi connectivity index (χ3n) is 6.41. The van der Waals surface area contributed by atoms with Gasteiger partial charge in [-0.25, -0.2) is 4.98 Å². The van der Waals surface area contributed by atoms with Crippen LogP contribution in [0.4, 0.5) is 5.82 Å². The third kappa shape index (κ3) is 4.59. The molecule has 1 aromatic carbocycles. The van der Waals surface area contributed by atoms with Crippen molar-refractivity contribution >= 4 is 34.2 Å². The van der Waals surface area contributed by atoms with Crippen LogP contribution in [0.15, 0.2) is 54.5 Å². The molecule has 4 aromatic rings. The molecule has 35 heavy (non-hydrogen) atoms. The Kier molecular flexibility index (Phi) is 6.17. The fraction of sp³-hybridized carbons (Fsp3) is 0.320.